The Morgan fingerprint density at radius 1 is 1.58 bits per heavy atom. The molecular formula is C7HClN3S. The Morgan fingerprint density at radius 2 is 2.25 bits per heavy atom. The van der Waals surface area contributed by atoms with Gasteiger partial charge in [-0.25, -0.2) is 4.98 Å². The zero-order valence-corrected chi connectivity index (χ0v) is 7.28. The molecule has 0 aliphatic rings. The third-order valence-corrected chi connectivity index (χ3v) is 2.13. The lowest BCUT2D eigenvalue weighted by Gasteiger charge is -1.83. The summed E-state index contributed by atoms with van der Waals surface area (Å²) in [7, 11) is 0. The van der Waals surface area contributed by atoms with Gasteiger partial charge in [-0.2, -0.15) is 10.5 Å². The molecule has 3 nitrogen and oxygen atoms in total. The molecule has 0 fully saturated rings. The monoisotopic (exact) mass is 194 g/mol. The minimum Gasteiger partial charge on any atom is -0.221 e. The summed E-state index contributed by atoms with van der Waals surface area (Å²) >= 11 is 6.76. The van der Waals surface area contributed by atoms with Crippen molar-refractivity contribution in [1.29, 1.82) is 10.5 Å². The maximum absolute atomic E-state index is 8.41. The van der Waals surface area contributed by atoms with E-state index in [1.807, 2.05) is 0 Å². The molecule has 0 unspecified atom stereocenters. The Balaban J connectivity index is 3.05. The minimum atomic E-state index is 0.00884. The predicted molar refractivity (Wildman–Crippen MR) is 45.2 cm³/mol. The SMILES string of the molecule is N#CC(C#N)=Cc1s[c]nc1Cl. The summed E-state index contributed by atoms with van der Waals surface area (Å²) < 4.78 is 0. The number of allylic oxidation sites excluding steroid dienone is 1. The van der Waals surface area contributed by atoms with Crippen molar-refractivity contribution >= 4 is 29.0 Å². The predicted octanol–water partition coefficient (Wildman–Crippen LogP) is 2.03. The van der Waals surface area contributed by atoms with Gasteiger partial charge in [0.2, 0.25) is 0 Å². The van der Waals surface area contributed by atoms with Crippen molar-refractivity contribution in [3.63, 3.8) is 0 Å². The van der Waals surface area contributed by atoms with Gasteiger partial charge in [0.25, 0.3) is 0 Å². The first-order valence-electron chi connectivity index (χ1n) is 2.82. The fourth-order valence-corrected chi connectivity index (χ4v) is 1.32. The Morgan fingerprint density at radius 3 is 2.67 bits per heavy atom. The number of rotatable bonds is 1. The van der Waals surface area contributed by atoms with E-state index >= 15 is 0 Å². The maximum Gasteiger partial charge on any atom is 0.154 e. The van der Waals surface area contributed by atoms with E-state index < -0.39 is 0 Å². The molecule has 1 aromatic rings. The summed E-state index contributed by atoms with van der Waals surface area (Å²) in [6, 6.07) is 3.45. The largest absolute Gasteiger partial charge is 0.221 e. The lowest BCUT2D eigenvalue weighted by Crippen LogP contribution is -1.71. The van der Waals surface area contributed by atoms with Crippen LogP contribution in [0.2, 0.25) is 5.15 Å². The highest BCUT2D eigenvalue weighted by molar-refractivity contribution is 7.10. The molecule has 5 heteroatoms. The number of nitriles is 2. The second-order valence-corrected chi connectivity index (χ2v) is 2.93. The number of hydrogen-bond acceptors (Lipinski definition) is 4. The highest BCUT2D eigenvalue weighted by Crippen LogP contribution is 2.20. The van der Waals surface area contributed by atoms with Crippen molar-refractivity contribution in [2.24, 2.45) is 0 Å². The second-order valence-electron chi connectivity index (χ2n) is 1.74. The molecule has 12 heavy (non-hydrogen) atoms. The van der Waals surface area contributed by atoms with Crippen LogP contribution < -0.4 is 0 Å². The van der Waals surface area contributed by atoms with Gasteiger partial charge in [-0.05, 0) is 6.08 Å². The molecule has 0 amide bonds. The number of thiazole rings is 1. The average molecular weight is 195 g/mol. The van der Waals surface area contributed by atoms with Gasteiger partial charge >= 0.3 is 0 Å². The molecule has 0 aliphatic heterocycles. The van der Waals surface area contributed by atoms with Crippen LogP contribution >= 0.6 is 22.9 Å². The van der Waals surface area contributed by atoms with E-state index in [0.717, 1.165) is 11.3 Å². The summed E-state index contributed by atoms with van der Waals surface area (Å²) in [5.74, 6) is 0. The molecule has 57 valence electrons. The number of aromatic nitrogens is 1. The van der Waals surface area contributed by atoms with Crippen LogP contribution in [0.5, 0.6) is 0 Å². The highest BCUT2D eigenvalue weighted by atomic mass is 35.5. The van der Waals surface area contributed by atoms with E-state index in [-0.39, 0.29) is 10.7 Å². The smallest absolute Gasteiger partial charge is 0.154 e. The lowest BCUT2D eigenvalue weighted by molar-refractivity contribution is 1.40. The highest BCUT2D eigenvalue weighted by Gasteiger charge is 2.01. The molecule has 0 atom stereocenters. The van der Waals surface area contributed by atoms with Crippen LogP contribution in [0, 0.1) is 28.2 Å². The van der Waals surface area contributed by atoms with Crippen molar-refractivity contribution in [2.45, 2.75) is 0 Å². The summed E-state index contributed by atoms with van der Waals surface area (Å²) in [6.45, 7) is 0. The van der Waals surface area contributed by atoms with Crippen LogP contribution in [0.15, 0.2) is 5.57 Å². The van der Waals surface area contributed by atoms with E-state index in [9.17, 15) is 0 Å². The molecule has 0 saturated carbocycles. The van der Waals surface area contributed by atoms with E-state index in [0.29, 0.717) is 4.88 Å². The number of hydrogen-bond donors (Lipinski definition) is 0. The quantitative estimate of drug-likeness (QED) is 0.643. The van der Waals surface area contributed by atoms with E-state index in [1.165, 1.54) is 6.08 Å². The molecule has 1 heterocycles. The van der Waals surface area contributed by atoms with Crippen molar-refractivity contribution in [3.05, 3.63) is 21.1 Å². The summed E-state index contributed by atoms with van der Waals surface area (Å²) in [4.78, 5) is 4.21. The third kappa shape index (κ3) is 1.82. The van der Waals surface area contributed by atoms with Crippen molar-refractivity contribution in [1.82, 2.24) is 4.98 Å². The van der Waals surface area contributed by atoms with Crippen LogP contribution in [0.1, 0.15) is 4.88 Å². The first-order chi connectivity index (χ1) is 5.77. The van der Waals surface area contributed by atoms with Gasteiger partial charge < -0.3 is 0 Å². The van der Waals surface area contributed by atoms with Crippen molar-refractivity contribution in [3.8, 4) is 12.1 Å². The second kappa shape index (κ2) is 3.87. The maximum atomic E-state index is 8.41. The van der Waals surface area contributed by atoms with Crippen LogP contribution in [-0.4, -0.2) is 4.98 Å². The average Bonchev–Trinajstić information content (AvgIpc) is 2.47. The number of nitrogens with zero attached hydrogens (tertiary/aromatic N) is 3. The van der Waals surface area contributed by atoms with Gasteiger partial charge in [0.1, 0.15) is 22.9 Å². The van der Waals surface area contributed by atoms with Gasteiger partial charge in [-0.1, -0.05) is 11.6 Å². The fraction of sp³-hybridized carbons (Fsp3) is 0. The summed E-state index contributed by atoms with van der Waals surface area (Å²) in [5, 5.41) is 17.1. The molecule has 1 aromatic heterocycles. The Hall–Kier alpha value is -1.36. The Bertz CT molecular complexity index is 378. The van der Waals surface area contributed by atoms with Gasteiger partial charge in [-0.15, -0.1) is 11.3 Å². The summed E-state index contributed by atoms with van der Waals surface area (Å²) in [5.41, 5.74) is 2.56. The standard InChI is InChI=1S/C7HClN3S/c8-7-6(12-4-11-7)1-5(2-9)3-10/h1H. The first kappa shape index (κ1) is 8.73. The minimum absolute atomic E-state index is 0.00884. The van der Waals surface area contributed by atoms with Crippen LogP contribution in [0.25, 0.3) is 6.08 Å². The Kier molecular flexibility index (Phi) is 2.82. The molecule has 0 aromatic carbocycles. The van der Waals surface area contributed by atoms with Crippen molar-refractivity contribution in [2.75, 3.05) is 0 Å². The van der Waals surface area contributed by atoms with E-state index in [2.05, 4.69) is 10.5 Å². The number of halogens is 1. The fourth-order valence-electron chi connectivity index (χ4n) is 0.519. The molecule has 0 spiro atoms. The normalized spacial score (nSPS) is 8.25. The van der Waals surface area contributed by atoms with E-state index in [1.54, 1.807) is 12.1 Å². The molecule has 1 radical (unpaired) electrons. The van der Waals surface area contributed by atoms with Gasteiger partial charge in [0.05, 0.1) is 4.88 Å². The van der Waals surface area contributed by atoms with Gasteiger partial charge in [0.15, 0.2) is 5.51 Å². The van der Waals surface area contributed by atoms with Gasteiger partial charge in [-0.3, -0.25) is 0 Å². The Labute approximate surface area is 78.2 Å². The van der Waals surface area contributed by atoms with Crippen molar-refractivity contribution < 1.29 is 0 Å². The topological polar surface area (TPSA) is 60.5 Å². The molecule has 0 aliphatic carbocycles. The first-order valence-corrected chi connectivity index (χ1v) is 4.01. The molecule has 0 bridgehead atoms. The summed E-state index contributed by atoms with van der Waals surface area (Å²) in [6.07, 6.45) is 1.39. The molecule has 0 saturated heterocycles. The lowest BCUT2D eigenvalue weighted by atomic mass is 10.3. The zero-order chi connectivity index (χ0) is 8.97. The van der Waals surface area contributed by atoms with E-state index in [4.69, 9.17) is 22.1 Å². The van der Waals surface area contributed by atoms with Gasteiger partial charge in [0, 0.05) is 0 Å². The molecule has 0 N–H and O–H groups in total. The van der Waals surface area contributed by atoms with Crippen LogP contribution in [0.4, 0.5) is 0 Å². The molecule has 1 rings (SSSR count). The third-order valence-electron chi connectivity index (χ3n) is 1.02. The van der Waals surface area contributed by atoms with Crippen LogP contribution in [0.3, 0.4) is 0 Å². The van der Waals surface area contributed by atoms with Crippen LogP contribution in [-0.2, 0) is 0 Å². The molecular weight excluding hydrogens is 194 g/mol. The zero-order valence-electron chi connectivity index (χ0n) is 5.71.